The fourth-order valence-corrected chi connectivity index (χ4v) is 1.09. The lowest BCUT2D eigenvalue weighted by molar-refractivity contribution is 0.448. The number of hydrogen-bond donors (Lipinski definition) is 1. The van der Waals surface area contributed by atoms with Crippen LogP contribution < -0.4 is 5.32 Å². The predicted octanol–water partition coefficient (Wildman–Crippen LogP) is 0.709. The molecular weight excluding hydrogens is 154 g/mol. The third-order valence-corrected chi connectivity index (χ3v) is 2.00. The zero-order chi connectivity index (χ0) is 8.39. The van der Waals surface area contributed by atoms with Gasteiger partial charge in [-0.15, -0.1) is 10.2 Å². The van der Waals surface area contributed by atoms with E-state index in [0.29, 0.717) is 5.92 Å². The second-order valence-corrected chi connectivity index (χ2v) is 3.16. The molecule has 1 aliphatic carbocycles. The summed E-state index contributed by atoms with van der Waals surface area (Å²) in [5, 5.41) is 11.0. The van der Waals surface area contributed by atoms with Gasteiger partial charge in [0.25, 0.3) is 0 Å². The Labute approximate surface area is 71.4 Å². The van der Waals surface area contributed by atoms with Crippen molar-refractivity contribution in [3.05, 3.63) is 11.8 Å². The van der Waals surface area contributed by atoms with E-state index in [0.717, 1.165) is 24.7 Å². The second-order valence-electron chi connectivity index (χ2n) is 3.16. The van der Waals surface area contributed by atoms with E-state index in [1.807, 2.05) is 7.05 Å². The molecule has 4 nitrogen and oxygen atoms in total. The van der Waals surface area contributed by atoms with Crippen LogP contribution in [0.1, 0.15) is 30.5 Å². The molecule has 0 aliphatic heterocycles. The van der Waals surface area contributed by atoms with E-state index in [1.165, 1.54) is 12.8 Å². The van der Waals surface area contributed by atoms with Gasteiger partial charge in [0.05, 0.1) is 0 Å². The maximum Gasteiger partial charge on any atom is 0.219 e. The van der Waals surface area contributed by atoms with Crippen molar-refractivity contribution in [2.45, 2.75) is 25.2 Å². The highest BCUT2D eigenvalue weighted by atomic mass is 16.4. The molecule has 1 saturated carbocycles. The van der Waals surface area contributed by atoms with Crippen LogP contribution in [0, 0.1) is 0 Å². The van der Waals surface area contributed by atoms with E-state index in [2.05, 4.69) is 15.5 Å². The van der Waals surface area contributed by atoms with Gasteiger partial charge >= 0.3 is 0 Å². The van der Waals surface area contributed by atoms with E-state index in [4.69, 9.17) is 4.42 Å². The lowest BCUT2D eigenvalue weighted by Crippen LogP contribution is -2.10. The molecule has 4 heteroatoms. The number of hydrogen-bond acceptors (Lipinski definition) is 4. The van der Waals surface area contributed by atoms with Crippen molar-refractivity contribution < 1.29 is 4.42 Å². The maximum atomic E-state index is 5.45. The zero-order valence-corrected chi connectivity index (χ0v) is 7.21. The lowest BCUT2D eigenvalue weighted by atomic mass is 10.4. The van der Waals surface area contributed by atoms with Crippen molar-refractivity contribution in [2.75, 3.05) is 13.6 Å². The summed E-state index contributed by atoms with van der Waals surface area (Å²) >= 11 is 0. The van der Waals surface area contributed by atoms with E-state index in [1.54, 1.807) is 0 Å². The number of nitrogens with zero attached hydrogens (tertiary/aromatic N) is 2. The van der Waals surface area contributed by atoms with Crippen LogP contribution in [0.2, 0.25) is 0 Å². The van der Waals surface area contributed by atoms with E-state index in [9.17, 15) is 0 Å². The first kappa shape index (κ1) is 7.73. The van der Waals surface area contributed by atoms with Crippen LogP contribution in [0.15, 0.2) is 4.42 Å². The molecule has 1 heterocycles. The molecule has 0 saturated heterocycles. The molecule has 0 unspecified atom stereocenters. The summed E-state index contributed by atoms with van der Waals surface area (Å²) in [5.41, 5.74) is 0. The number of likely N-dealkylation sites (N-methyl/N-ethyl adjacent to an activating group) is 1. The Bertz CT molecular complexity index is 255. The van der Waals surface area contributed by atoms with Gasteiger partial charge in [0, 0.05) is 18.9 Å². The average molecular weight is 167 g/mol. The van der Waals surface area contributed by atoms with Crippen LogP contribution in [0.4, 0.5) is 0 Å². The van der Waals surface area contributed by atoms with Crippen LogP contribution in [0.5, 0.6) is 0 Å². The Kier molecular flexibility index (Phi) is 2.08. The molecule has 12 heavy (non-hydrogen) atoms. The van der Waals surface area contributed by atoms with Gasteiger partial charge in [0.1, 0.15) is 0 Å². The quantitative estimate of drug-likeness (QED) is 0.717. The minimum absolute atomic E-state index is 0.570. The van der Waals surface area contributed by atoms with Gasteiger partial charge in [-0.2, -0.15) is 0 Å². The highest BCUT2D eigenvalue weighted by Crippen LogP contribution is 2.38. The third kappa shape index (κ3) is 1.64. The fraction of sp³-hybridized carbons (Fsp3) is 0.750. The average Bonchev–Trinajstić information content (AvgIpc) is 2.83. The first-order chi connectivity index (χ1) is 5.90. The predicted molar refractivity (Wildman–Crippen MR) is 43.9 cm³/mol. The Morgan fingerprint density at radius 3 is 3.00 bits per heavy atom. The Morgan fingerprint density at radius 2 is 2.33 bits per heavy atom. The second kappa shape index (κ2) is 3.23. The van der Waals surface area contributed by atoms with Crippen molar-refractivity contribution >= 4 is 0 Å². The van der Waals surface area contributed by atoms with Crippen molar-refractivity contribution in [1.82, 2.24) is 15.5 Å². The Morgan fingerprint density at radius 1 is 1.50 bits per heavy atom. The lowest BCUT2D eigenvalue weighted by Gasteiger charge is -1.91. The number of nitrogens with one attached hydrogen (secondary N) is 1. The smallest absolute Gasteiger partial charge is 0.219 e. The van der Waals surface area contributed by atoms with Crippen LogP contribution in [-0.2, 0) is 6.42 Å². The van der Waals surface area contributed by atoms with Gasteiger partial charge in [-0.25, -0.2) is 0 Å². The number of aromatic nitrogens is 2. The highest BCUT2D eigenvalue weighted by Gasteiger charge is 2.29. The minimum atomic E-state index is 0.570. The van der Waals surface area contributed by atoms with E-state index in [-0.39, 0.29) is 0 Å². The maximum absolute atomic E-state index is 5.45. The normalized spacial score (nSPS) is 16.8. The van der Waals surface area contributed by atoms with Crippen molar-refractivity contribution in [1.29, 1.82) is 0 Å². The summed E-state index contributed by atoms with van der Waals surface area (Å²) in [5.74, 6) is 2.16. The molecule has 1 aromatic heterocycles. The molecule has 0 radical (unpaired) electrons. The standard InChI is InChI=1S/C8H13N3O/c1-9-5-4-7-10-11-8(12-7)6-2-3-6/h6,9H,2-5H2,1H3. The van der Waals surface area contributed by atoms with Crippen molar-refractivity contribution in [2.24, 2.45) is 0 Å². The van der Waals surface area contributed by atoms with E-state index >= 15 is 0 Å². The van der Waals surface area contributed by atoms with Crippen LogP contribution in [-0.4, -0.2) is 23.8 Å². The van der Waals surface area contributed by atoms with Crippen LogP contribution in [0.25, 0.3) is 0 Å². The van der Waals surface area contributed by atoms with Crippen LogP contribution >= 0.6 is 0 Å². The monoisotopic (exact) mass is 167 g/mol. The molecule has 0 bridgehead atoms. The van der Waals surface area contributed by atoms with E-state index < -0.39 is 0 Å². The molecule has 1 aliphatic rings. The first-order valence-corrected chi connectivity index (χ1v) is 4.37. The molecule has 0 spiro atoms. The molecule has 0 atom stereocenters. The van der Waals surface area contributed by atoms with Gasteiger partial charge in [0.2, 0.25) is 11.8 Å². The van der Waals surface area contributed by atoms with Gasteiger partial charge in [-0.3, -0.25) is 0 Å². The molecule has 0 amide bonds. The highest BCUT2D eigenvalue weighted by molar-refractivity contribution is 5.00. The summed E-state index contributed by atoms with van der Waals surface area (Å²) < 4.78 is 5.45. The zero-order valence-electron chi connectivity index (χ0n) is 7.21. The third-order valence-electron chi connectivity index (χ3n) is 2.00. The largest absolute Gasteiger partial charge is 0.425 e. The first-order valence-electron chi connectivity index (χ1n) is 4.37. The summed E-state index contributed by atoms with van der Waals surface area (Å²) in [6, 6.07) is 0. The van der Waals surface area contributed by atoms with Crippen LogP contribution in [0.3, 0.4) is 0 Å². The summed E-state index contributed by atoms with van der Waals surface area (Å²) in [4.78, 5) is 0. The number of rotatable bonds is 4. The van der Waals surface area contributed by atoms with Gasteiger partial charge in [-0.1, -0.05) is 0 Å². The molecule has 1 fully saturated rings. The Balaban J connectivity index is 1.93. The van der Waals surface area contributed by atoms with Gasteiger partial charge in [-0.05, 0) is 19.9 Å². The van der Waals surface area contributed by atoms with Gasteiger partial charge < -0.3 is 9.73 Å². The topological polar surface area (TPSA) is 51.0 Å². The molecule has 1 N–H and O–H groups in total. The van der Waals surface area contributed by atoms with Crippen molar-refractivity contribution in [3.8, 4) is 0 Å². The SMILES string of the molecule is CNCCc1nnc(C2CC2)o1. The van der Waals surface area contributed by atoms with Crippen molar-refractivity contribution in [3.63, 3.8) is 0 Å². The van der Waals surface area contributed by atoms with Gasteiger partial charge in [0.15, 0.2) is 0 Å². The molecule has 1 aromatic rings. The molecule has 2 rings (SSSR count). The summed E-state index contributed by atoms with van der Waals surface area (Å²) in [6.45, 7) is 0.895. The summed E-state index contributed by atoms with van der Waals surface area (Å²) in [7, 11) is 1.91. The Hall–Kier alpha value is -0.900. The minimum Gasteiger partial charge on any atom is -0.425 e. The summed E-state index contributed by atoms with van der Waals surface area (Å²) in [6.07, 6.45) is 3.26. The fourth-order valence-electron chi connectivity index (χ4n) is 1.09. The molecule has 0 aromatic carbocycles. The molecule has 66 valence electrons. The molecular formula is C8H13N3O.